The molecule has 0 bridgehead atoms. The molecule has 6 heteroatoms. The summed E-state index contributed by atoms with van der Waals surface area (Å²) in [5.41, 5.74) is 5.53. The molecule has 2 rings (SSSR count). The lowest BCUT2D eigenvalue weighted by atomic mass is 9.90. The molecule has 1 fully saturated rings. The Morgan fingerprint density at radius 3 is 2.79 bits per heavy atom. The van der Waals surface area contributed by atoms with Gasteiger partial charge in [0.2, 0.25) is 5.91 Å². The van der Waals surface area contributed by atoms with Gasteiger partial charge in [-0.05, 0) is 25.0 Å². The van der Waals surface area contributed by atoms with E-state index in [1.165, 1.54) is 25.3 Å². The standard InChI is InChI=1S/C13H17FN2O3/c1-18-11-8-9(14)2-3-10(11)16-12(17)13(15)4-6-19-7-5-13/h2-3,8H,4-7,15H2,1H3,(H,16,17). The van der Waals surface area contributed by atoms with Crippen molar-refractivity contribution in [1.82, 2.24) is 0 Å². The largest absolute Gasteiger partial charge is 0.494 e. The van der Waals surface area contributed by atoms with Crippen LogP contribution in [0.15, 0.2) is 18.2 Å². The SMILES string of the molecule is COc1cc(F)ccc1NC(=O)C1(N)CCOCC1. The van der Waals surface area contributed by atoms with Gasteiger partial charge >= 0.3 is 0 Å². The zero-order chi connectivity index (χ0) is 13.9. The van der Waals surface area contributed by atoms with E-state index in [0.29, 0.717) is 31.7 Å². The van der Waals surface area contributed by atoms with Gasteiger partial charge in [-0.25, -0.2) is 4.39 Å². The molecule has 1 heterocycles. The lowest BCUT2D eigenvalue weighted by Gasteiger charge is -2.31. The summed E-state index contributed by atoms with van der Waals surface area (Å²) in [7, 11) is 1.41. The number of carbonyl (C=O) groups is 1. The summed E-state index contributed by atoms with van der Waals surface area (Å²) < 4.78 is 23.3. The van der Waals surface area contributed by atoms with Crippen molar-refractivity contribution in [1.29, 1.82) is 0 Å². The van der Waals surface area contributed by atoms with E-state index in [2.05, 4.69) is 5.32 Å². The van der Waals surface area contributed by atoms with Gasteiger partial charge in [-0.2, -0.15) is 0 Å². The van der Waals surface area contributed by atoms with Gasteiger partial charge < -0.3 is 20.5 Å². The number of rotatable bonds is 3. The van der Waals surface area contributed by atoms with E-state index in [1.54, 1.807) is 0 Å². The molecule has 1 aliphatic rings. The molecule has 5 nitrogen and oxygen atoms in total. The van der Waals surface area contributed by atoms with Gasteiger partial charge in [0, 0.05) is 19.3 Å². The van der Waals surface area contributed by atoms with Crippen LogP contribution in [0.2, 0.25) is 0 Å². The number of benzene rings is 1. The van der Waals surface area contributed by atoms with Gasteiger partial charge in [0.1, 0.15) is 17.1 Å². The zero-order valence-corrected chi connectivity index (χ0v) is 10.7. The van der Waals surface area contributed by atoms with Gasteiger partial charge in [-0.15, -0.1) is 0 Å². The highest BCUT2D eigenvalue weighted by Gasteiger charge is 2.36. The summed E-state index contributed by atoms with van der Waals surface area (Å²) >= 11 is 0. The topological polar surface area (TPSA) is 73.6 Å². The highest BCUT2D eigenvalue weighted by atomic mass is 19.1. The van der Waals surface area contributed by atoms with E-state index in [9.17, 15) is 9.18 Å². The molecule has 1 aliphatic heterocycles. The molecule has 3 N–H and O–H groups in total. The van der Waals surface area contributed by atoms with Crippen LogP contribution in [0.4, 0.5) is 10.1 Å². The number of anilines is 1. The number of methoxy groups -OCH3 is 1. The molecule has 0 radical (unpaired) electrons. The minimum Gasteiger partial charge on any atom is -0.494 e. The molecule has 0 spiro atoms. The van der Waals surface area contributed by atoms with Crippen LogP contribution in [0.5, 0.6) is 5.75 Å². The number of ether oxygens (including phenoxy) is 2. The van der Waals surface area contributed by atoms with Crippen molar-refractivity contribution >= 4 is 11.6 Å². The summed E-state index contributed by atoms with van der Waals surface area (Å²) in [6, 6.07) is 3.92. The fraction of sp³-hybridized carbons (Fsp3) is 0.462. The second-order valence-electron chi connectivity index (χ2n) is 4.57. The summed E-state index contributed by atoms with van der Waals surface area (Å²) in [6.45, 7) is 0.926. The van der Waals surface area contributed by atoms with Crippen LogP contribution in [0.25, 0.3) is 0 Å². The third-order valence-corrected chi connectivity index (χ3v) is 3.25. The van der Waals surface area contributed by atoms with Crippen molar-refractivity contribution in [2.45, 2.75) is 18.4 Å². The average Bonchev–Trinajstić information content (AvgIpc) is 2.41. The lowest BCUT2D eigenvalue weighted by Crippen LogP contribution is -2.54. The van der Waals surface area contributed by atoms with Crippen molar-refractivity contribution in [2.75, 3.05) is 25.6 Å². The van der Waals surface area contributed by atoms with E-state index in [4.69, 9.17) is 15.2 Å². The predicted octanol–water partition coefficient (Wildman–Crippen LogP) is 1.28. The summed E-state index contributed by atoms with van der Waals surface area (Å²) in [5, 5.41) is 2.69. The van der Waals surface area contributed by atoms with Gasteiger partial charge in [-0.1, -0.05) is 0 Å². The van der Waals surface area contributed by atoms with E-state index >= 15 is 0 Å². The molecule has 1 aromatic rings. The zero-order valence-electron chi connectivity index (χ0n) is 10.7. The van der Waals surface area contributed by atoms with Gasteiger partial charge in [0.25, 0.3) is 0 Å². The maximum absolute atomic E-state index is 13.1. The number of carbonyl (C=O) groups excluding carboxylic acids is 1. The Labute approximate surface area is 110 Å². The highest BCUT2D eigenvalue weighted by Crippen LogP contribution is 2.27. The van der Waals surface area contributed by atoms with Crippen LogP contribution in [0.3, 0.4) is 0 Å². The second kappa shape index (κ2) is 5.54. The van der Waals surface area contributed by atoms with Crippen LogP contribution in [0, 0.1) is 5.82 Å². The van der Waals surface area contributed by atoms with E-state index < -0.39 is 11.4 Å². The normalized spacial score (nSPS) is 17.8. The van der Waals surface area contributed by atoms with Gasteiger partial charge in [-0.3, -0.25) is 4.79 Å². The Bertz CT molecular complexity index is 473. The molecule has 19 heavy (non-hydrogen) atoms. The third kappa shape index (κ3) is 3.02. The quantitative estimate of drug-likeness (QED) is 0.866. The fourth-order valence-electron chi connectivity index (χ4n) is 1.98. The Balaban J connectivity index is 2.14. The second-order valence-corrected chi connectivity index (χ2v) is 4.57. The smallest absolute Gasteiger partial charge is 0.244 e. The summed E-state index contributed by atoms with van der Waals surface area (Å²) in [4.78, 5) is 12.2. The van der Waals surface area contributed by atoms with Crippen LogP contribution in [0.1, 0.15) is 12.8 Å². The molecule has 1 saturated heterocycles. The molecule has 0 aromatic heterocycles. The Morgan fingerprint density at radius 1 is 1.47 bits per heavy atom. The van der Waals surface area contributed by atoms with Crippen LogP contribution < -0.4 is 15.8 Å². The molecule has 0 atom stereocenters. The molecule has 0 saturated carbocycles. The minimum absolute atomic E-state index is 0.268. The van der Waals surface area contributed by atoms with Crippen molar-refractivity contribution in [2.24, 2.45) is 5.73 Å². The van der Waals surface area contributed by atoms with Crippen molar-refractivity contribution < 1.29 is 18.7 Å². The van der Waals surface area contributed by atoms with Crippen molar-refractivity contribution in [3.05, 3.63) is 24.0 Å². The monoisotopic (exact) mass is 268 g/mol. The number of nitrogens with one attached hydrogen (secondary N) is 1. The first-order valence-electron chi connectivity index (χ1n) is 6.07. The molecule has 0 aliphatic carbocycles. The maximum Gasteiger partial charge on any atom is 0.244 e. The number of hydrogen-bond donors (Lipinski definition) is 2. The van der Waals surface area contributed by atoms with Gasteiger partial charge in [0.05, 0.1) is 12.8 Å². The first-order chi connectivity index (χ1) is 9.05. The average molecular weight is 268 g/mol. The fourth-order valence-corrected chi connectivity index (χ4v) is 1.98. The highest BCUT2D eigenvalue weighted by molar-refractivity contribution is 5.99. The number of amides is 1. The first kappa shape index (κ1) is 13.8. The Hall–Kier alpha value is -1.66. The van der Waals surface area contributed by atoms with Crippen molar-refractivity contribution in [3.63, 3.8) is 0 Å². The van der Waals surface area contributed by atoms with Crippen molar-refractivity contribution in [3.8, 4) is 5.75 Å². The molecule has 1 aromatic carbocycles. The molecule has 1 amide bonds. The van der Waals surface area contributed by atoms with E-state index in [0.717, 1.165) is 0 Å². The lowest BCUT2D eigenvalue weighted by molar-refractivity contribution is -0.124. The van der Waals surface area contributed by atoms with Crippen LogP contribution >= 0.6 is 0 Å². The Kier molecular flexibility index (Phi) is 4.01. The Morgan fingerprint density at radius 2 is 2.16 bits per heavy atom. The molecule has 104 valence electrons. The predicted molar refractivity (Wildman–Crippen MR) is 68.6 cm³/mol. The first-order valence-corrected chi connectivity index (χ1v) is 6.07. The van der Waals surface area contributed by atoms with Crippen LogP contribution in [-0.4, -0.2) is 31.8 Å². The summed E-state index contributed by atoms with van der Waals surface area (Å²) in [5.74, 6) is -0.465. The third-order valence-electron chi connectivity index (χ3n) is 3.25. The number of nitrogens with two attached hydrogens (primary N) is 1. The van der Waals surface area contributed by atoms with E-state index in [-0.39, 0.29) is 11.7 Å². The molecular formula is C13H17FN2O3. The maximum atomic E-state index is 13.1. The van der Waals surface area contributed by atoms with Crippen LogP contribution in [-0.2, 0) is 9.53 Å². The van der Waals surface area contributed by atoms with Gasteiger partial charge in [0.15, 0.2) is 0 Å². The molecular weight excluding hydrogens is 251 g/mol. The summed E-state index contributed by atoms with van der Waals surface area (Å²) in [6.07, 6.45) is 0.921. The number of halogens is 1. The number of hydrogen-bond acceptors (Lipinski definition) is 4. The minimum atomic E-state index is -0.947. The molecule has 0 unspecified atom stereocenters. The van der Waals surface area contributed by atoms with E-state index in [1.807, 2.05) is 0 Å².